The molecule has 2 amide bonds. The minimum Gasteiger partial charge on any atom is -0.468 e. The number of aryl methyl sites for hydroxylation is 1. The number of nitriles is 1. The molecule has 1 aliphatic heterocycles. The van der Waals surface area contributed by atoms with Gasteiger partial charge in [0.25, 0.3) is 5.91 Å². The Morgan fingerprint density at radius 2 is 1.86 bits per heavy atom. The Kier molecular flexibility index (Phi) is 7.84. The lowest BCUT2D eigenvalue weighted by atomic mass is 9.85. The van der Waals surface area contributed by atoms with Crippen molar-refractivity contribution in [1.82, 2.24) is 5.32 Å². The minimum atomic E-state index is -0.735. The zero-order valence-electron chi connectivity index (χ0n) is 19.6. The topological polar surface area (TPSA) is 107 Å². The van der Waals surface area contributed by atoms with Crippen LogP contribution in [-0.4, -0.2) is 17.6 Å². The average Bonchev–Trinajstić information content (AvgIpc) is 3.38. The van der Waals surface area contributed by atoms with Gasteiger partial charge in [0.2, 0.25) is 5.91 Å². The smallest absolute Gasteiger partial charge is 0.254 e. The average molecular weight is 519 g/mol. The summed E-state index contributed by atoms with van der Waals surface area (Å²) in [6.45, 7) is 3.71. The van der Waals surface area contributed by atoms with E-state index in [-0.39, 0.29) is 17.6 Å². The van der Waals surface area contributed by atoms with Gasteiger partial charge in [0.1, 0.15) is 5.76 Å². The highest BCUT2D eigenvalue weighted by Crippen LogP contribution is 2.41. The molecule has 0 unspecified atom stereocenters. The first-order valence-corrected chi connectivity index (χ1v) is 12.4. The molecule has 4 rings (SSSR count). The number of allylic oxidation sites excluding steroid dienone is 2. The Morgan fingerprint density at radius 3 is 2.53 bits per heavy atom. The third-order valence-corrected chi connectivity index (χ3v) is 6.74. The Bertz CT molecular complexity index is 1390. The molecule has 3 N–H and O–H groups in total. The van der Waals surface area contributed by atoms with Gasteiger partial charge in [-0.15, -0.1) is 0 Å². The van der Waals surface area contributed by atoms with Crippen LogP contribution in [0, 0.1) is 18.3 Å². The number of furan rings is 1. The summed E-state index contributed by atoms with van der Waals surface area (Å²) in [4.78, 5) is 25.9. The lowest BCUT2D eigenvalue weighted by Crippen LogP contribution is -2.31. The molecule has 1 aromatic heterocycles. The van der Waals surface area contributed by atoms with Crippen LogP contribution in [0.2, 0.25) is 5.02 Å². The van der Waals surface area contributed by atoms with Gasteiger partial charge in [-0.05, 0) is 67.9 Å². The van der Waals surface area contributed by atoms with Gasteiger partial charge in [-0.3, -0.25) is 9.59 Å². The van der Waals surface area contributed by atoms with E-state index in [0.29, 0.717) is 44.0 Å². The quantitative estimate of drug-likeness (QED) is 0.357. The number of carbonyl (C=O) groups excluding carboxylic acids is 2. The molecule has 0 radical (unpaired) electrons. The van der Waals surface area contributed by atoms with Crippen molar-refractivity contribution in [2.24, 2.45) is 0 Å². The molecule has 0 bridgehead atoms. The predicted octanol–water partition coefficient (Wildman–Crippen LogP) is 5.95. The summed E-state index contributed by atoms with van der Waals surface area (Å²) in [6.07, 6.45) is 1.50. The molecular weight excluding hydrogens is 496 g/mol. The number of hydrogen-bond donors (Lipinski definition) is 3. The normalized spacial score (nSPS) is 15.2. The van der Waals surface area contributed by atoms with Gasteiger partial charge in [-0.25, -0.2) is 0 Å². The molecule has 0 saturated heterocycles. The number of halogens is 1. The van der Waals surface area contributed by atoms with Crippen LogP contribution in [0.4, 0.5) is 11.4 Å². The van der Waals surface area contributed by atoms with Crippen molar-refractivity contribution in [3.8, 4) is 6.07 Å². The molecule has 7 nitrogen and oxygen atoms in total. The van der Waals surface area contributed by atoms with Gasteiger partial charge in [-0.1, -0.05) is 35.5 Å². The highest BCUT2D eigenvalue weighted by atomic mass is 35.5. The first-order chi connectivity index (χ1) is 17.4. The summed E-state index contributed by atoms with van der Waals surface area (Å²) in [5.74, 6) is -0.791. The second-order valence-corrected chi connectivity index (χ2v) is 9.56. The van der Waals surface area contributed by atoms with Gasteiger partial charge in [0, 0.05) is 22.1 Å². The summed E-state index contributed by atoms with van der Waals surface area (Å²) in [7, 11) is 0. The summed E-state index contributed by atoms with van der Waals surface area (Å²) < 4.78 is 5.63. The molecule has 9 heteroatoms. The number of nitrogens with one attached hydrogen (secondary N) is 3. The number of benzene rings is 2. The van der Waals surface area contributed by atoms with Crippen molar-refractivity contribution in [2.45, 2.75) is 19.8 Å². The van der Waals surface area contributed by atoms with E-state index in [2.05, 4.69) is 22.0 Å². The maximum absolute atomic E-state index is 13.3. The standard InChI is InChI=1S/C27H23ClN4O3S/c1-16-5-3-6-20(13-16)31-23(33)15-36-27-21(14-29)25(22-7-4-12-35-22)24(17(2)30-27)26(34)32-19-10-8-18(28)9-11-19/h3-13,25,30H,15H2,1-2H3,(H,31,33)(H,32,34)/t25-/m0/s1. The zero-order chi connectivity index (χ0) is 25.7. The molecule has 0 spiro atoms. The van der Waals surface area contributed by atoms with Gasteiger partial charge >= 0.3 is 0 Å². The SMILES string of the molecule is CC1=C(C(=O)Nc2ccc(Cl)cc2)[C@H](c2ccco2)C(C#N)=C(SCC(=O)Nc2cccc(C)c2)N1. The number of carbonyl (C=O) groups is 2. The second kappa shape index (κ2) is 11.2. The lowest BCUT2D eigenvalue weighted by Gasteiger charge is -2.28. The van der Waals surface area contributed by atoms with E-state index in [0.717, 1.165) is 5.56 Å². The molecule has 0 fully saturated rings. The number of anilines is 2. The van der Waals surface area contributed by atoms with Crippen molar-refractivity contribution in [3.63, 3.8) is 0 Å². The van der Waals surface area contributed by atoms with E-state index in [1.165, 1.54) is 18.0 Å². The number of thioether (sulfide) groups is 1. The fraction of sp³-hybridized carbons (Fsp3) is 0.148. The van der Waals surface area contributed by atoms with Crippen molar-refractivity contribution in [3.05, 3.63) is 105 Å². The molecule has 1 aliphatic rings. The molecule has 182 valence electrons. The van der Waals surface area contributed by atoms with Crippen molar-refractivity contribution >= 4 is 46.6 Å². The van der Waals surface area contributed by atoms with E-state index >= 15 is 0 Å². The lowest BCUT2D eigenvalue weighted by molar-refractivity contribution is -0.114. The van der Waals surface area contributed by atoms with Crippen molar-refractivity contribution < 1.29 is 14.0 Å². The maximum atomic E-state index is 13.3. The predicted molar refractivity (Wildman–Crippen MR) is 142 cm³/mol. The third kappa shape index (κ3) is 5.82. The summed E-state index contributed by atoms with van der Waals surface area (Å²) in [5, 5.41) is 20.0. The van der Waals surface area contributed by atoms with E-state index in [1.54, 1.807) is 43.3 Å². The van der Waals surface area contributed by atoms with Gasteiger partial charge < -0.3 is 20.4 Å². The van der Waals surface area contributed by atoms with E-state index in [4.69, 9.17) is 16.0 Å². The van der Waals surface area contributed by atoms with Crippen molar-refractivity contribution in [1.29, 1.82) is 5.26 Å². The fourth-order valence-electron chi connectivity index (χ4n) is 3.86. The van der Waals surface area contributed by atoms with Crippen molar-refractivity contribution in [2.75, 3.05) is 16.4 Å². The molecule has 3 aromatic rings. The van der Waals surface area contributed by atoms with E-state index in [9.17, 15) is 14.9 Å². The molecule has 0 aliphatic carbocycles. The van der Waals surface area contributed by atoms with E-state index in [1.807, 2.05) is 31.2 Å². The largest absolute Gasteiger partial charge is 0.468 e. The summed E-state index contributed by atoms with van der Waals surface area (Å²) in [5.41, 5.74) is 3.52. The van der Waals surface area contributed by atoms with E-state index < -0.39 is 5.92 Å². The maximum Gasteiger partial charge on any atom is 0.254 e. The second-order valence-electron chi connectivity index (χ2n) is 8.13. The first-order valence-electron chi connectivity index (χ1n) is 11.1. The Morgan fingerprint density at radius 1 is 1.08 bits per heavy atom. The summed E-state index contributed by atoms with van der Waals surface area (Å²) in [6, 6.07) is 19.9. The highest BCUT2D eigenvalue weighted by Gasteiger charge is 2.36. The van der Waals surface area contributed by atoms with Gasteiger partial charge in [0.15, 0.2) is 0 Å². The van der Waals surface area contributed by atoms with Crippen LogP contribution in [0.1, 0.15) is 24.2 Å². The fourth-order valence-corrected chi connectivity index (χ4v) is 4.87. The third-order valence-electron chi connectivity index (χ3n) is 5.47. The van der Waals surface area contributed by atoms with Crippen LogP contribution in [0.3, 0.4) is 0 Å². The van der Waals surface area contributed by atoms with Crippen LogP contribution in [0.15, 0.2) is 93.2 Å². The zero-order valence-corrected chi connectivity index (χ0v) is 21.2. The molecule has 1 atom stereocenters. The molecule has 36 heavy (non-hydrogen) atoms. The Labute approximate surface area is 218 Å². The number of dihydropyridines is 1. The molecule has 0 saturated carbocycles. The number of rotatable bonds is 7. The Hall–Kier alpha value is -3.93. The summed E-state index contributed by atoms with van der Waals surface area (Å²) >= 11 is 7.15. The van der Waals surface area contributed by atoms with Crippen LogP contribution in [0.25, 0.3) is 0 Å². The van der Waals surface area contributed by atoms with Crippen LogP contribution >= 0.6 is 23.4 Å². The number of hydrogen-bond acceptors (Lipinski definition) is 6. The monoisotopic (exact) mass is 518 g/mol. The van der Waals surface area contributed by atoms with Crippen LogP contribution in [-0.2, 0) is 9.59 Å². The molecule has 2 aromatic carbocycles. The molecular formula is C27H23ClN4O3S. The van der Waals surface area contributed by atoms with Crippen LogP contribution < -0.4 is 16.0 Å². The number of nitrogens with zero attached hydrogens (tertiary/aromatic N) is 1. The Balaban J connectivity index is 1.57. The number of amides is 2. The highest BCUT2D eigenvalue weighted by molar-refractivity contribution is 8.03. The molecule has 2 heterocycles. The minimum absolute atomic E-state index is 0.0753. The van der Waals surface area contributed by atoms with Gasteiger partial charge in [-0.2, -0.15) is 5.26 Å². The van der Waals surface area contributed by atoms with Crippen LogP contribution in [0.5, 0.6) is 0 Å². The first kappa shape index (κ1) is 25.2. The van der Waals surface area contributed by atoms with Gasteiger partial charge in [0.05, 0.1) is 40.2 Å².